The minimum atomic E-state index is -0.208. The molecule has 0 bridgehead atoms. The van der Waals surface area contributed by atoms with Crippen LogP contribution in [0.2, 0.25) is 5.02 Å². The number of unbranched alkanes of at least 4 members (excludes halogenated alkanes) is 5. The van der Waals surface area contributed by atoms with Crippen LogP contribution in [-0.4, -0.2) is 6.54 Å². The first-order valence-electron chi connectivity index (χ1n) is 8.37. The predicted octanol–water partition coefficient (Wildman–Crippen LogP) is 6.27. The van der Waals surface area contributed by atoms with Crippen molar-refractivity contribution in [3.05, 3.63) is 34.6 Å². The predicted molar refractivity (Wildman–Crippen MR) is 90.4 cm³/mol. The van der Waals surface area contributed by atoms with E-state index in [1.807, 2.05) is 0 Å². The number of rotatable bonds is 11. The molecule has 0 radical (unpaired) electrons. The van der Waals surface area contributed by atoms with E-state index >= 15 is 0 Å². The maximum absolute atomic E-state index is 13.5. The molecule has 0 spiro atoms. The van der Waals surface area contributed by atoms with Crippen LogP contribution in [0.3, 0.4) is 0 Å². The third-order valence-corrected chi connectivity index (χ3v) is 4.16. The van der Waals surface area contributed by atoms with Crippen LogP contribution in [0.25, 0.3) is 0 Å². The molecule has 1 N–H and O–H groups in total. The third kappa shape index (κ3) is 7.28. The molecule has 1 atom stereocenters. The van der Waals surface area contributed by atoms with Crippen molar-refractivity contribution in [3.8, 4) is 0 Å². The Morgan fingerprint density at radius 1 is 1.05 bits per heavy atom. The molecule has 0 aliphatic heterocycles. The van der Waals surface area contributed by atoms with Gasteiger partial charge in [0, 0.05) is 11.1 Å². The van der Waals surface area contributed by atoms with Crippen molar-refractivity contribution in [2.45, 2.75) is 71.3 Å². The zero-order valence-corrected chi connectivity index (χ0v) is 14.2. The number of halogens is 2. The van der Waals surface area contributed by atoms with Gasteiger partial charge in [-0.05, 0) is 43.1 Å². The Morgan fingerprint density at radius 3 is 2.48 bits per heavy atom. The Hall–Kier alpha value is -0.600. The normalized spacial score (nSPS) is 12.6. The SMILES string of the molecule is CCCCCCCCC(NCCC)c1cc(F)ccc1Cl. The van der Waals surface area contributed by atoms with Gasteiger partial charge in [-0.3, -0.25) is 0 Å². The molecule has 0 fully saturated rings. The minimum absolute atomic E-state index is 0.166. The van der Waals surface area contributed by atoms with E-state index in [0.29, 0.717) is 5.02 Å². The van der Waals surface area contributed by atoms with Crippen molar-refractivity contribution in [2.24, 2.45) is 0 Å². The van der Waals surface area contributed by atoms with E-state index in [1.165, 1.54) is 38.2 Å². The second-order valence-corrected chi connectivity index (χ2v) is 6.14. The Balaban J connectivity index is 2.52. The molecule has 120 valence electrons. The summed E-state index contributed by atoms with van der Waals surface area (Å²) in [7, 11) is 0. The molecule has 21 heavy (non-hydrogen) atoms. The lowest BCUT2D eigenvalue weighted by Gasteiger charge is -2.20. The average Bonchev–Trinajstić information content (AvgIpc) is 2.48. The summed E-state index contributed by atoms with van der Waals surface area (Å²) in [6.45, 7) is 5.31. The number of nitrogens with one attached hydrogen (secondary N) is 1. The fourth-order valence-electron chi connectivity index (χ4n) is 2.60. The monoisotopic (exact) mass is 313 g/mol. The van der Waals surface area contributed by atoms with E-state index in [2.05, 4.69) is 19.2 Å². The van der Waals surface area contributed by atoms with Crippen LogP contribution in [0.4, 0.5) is 4.39 Å². The summed E-state index contributed by atoms with van der Waals surface area (Å²) < 4.78 is 13.5. The van der Waals surface area contributed by atoms with Crippen LogP contribution in [0.15, 0.2) is 18.2 Å². The fraction of sp³-hybridized carbons (Fsp3) is 0.667. The van der Waals surface area contributed by atoms with Gasteiger partial charge in [0.25, 0.3) is 0 Å². The van der Waals surface area contributed by atoms with Crippen molar-refractivity contribution >= 4 is 11.6 Å². The largest absolute Gasteiger partial charge is 0.310 e. The zero-order chi connectivity index (χ0) is 15.5. The van der Waals surface area contributed by atoms with Crippen LogP contribution < -0.4 is 5.32 Å². The third-order valence-electron chi connectivity index (χ3n) is 3.82. The van der Waals surface area contributed by atoms with Crippen LogP contribution >= 0.6 is 11.6 Å². The molecule has 0 aliphatic rings. The lowest BCUT2D eigenvalue weighted by atomic mass is 9.99. The highest BCUT2D eigenvalue weighted by molar-refractivity contribution is 6.31. The standard InChI is InChI=1S/C18H29ClFN/c1-3-5-6-7-8-9-10-18(21-13-4-2)16-14-15(20)11-12-17(16)19/h11-12,14,18,21H,3-10,13H2,1-2H3. The van der Waals surface area contributed by atoms with Crippen molar-refractivity contribution in [2.75, 3.05) is 6.54 Å². The van der Waals surface area contributed by atoms with Crippen molar-refractivity contribution in [1.82, 2.24) is 5.32 Å². The molecule has 0 aromatic heterocycles. The van der Waals surface area contributed by atoms with E-state index in [-0.39, 0.29) is 11.9 Å². The number of hydrogen-bond donors (Lipinski definition) is 1. The molecular formula is C18H29ClFN. The maximum atomic E-state index is 13.5. The van der Waals surface area contributed by atoms with Gasteiger partial charge in [-0.1, -0.05) is 64.0 Å². The van der Waals surface area contributed by atoms with Crippen LogP contribution in [-0.2, 0) is 0 Å². The van der Waals surface area contributed by atoms with E-state index < -0.39 is 0 Å². The molecule has 1 unspecified atom stereocenters. The lowest BCUT2D eigenvalue weighted by Crippen LogP contribution is -2.22. The first kappa shape index (κ1) is 18.4. The van der Waals surface area contributed by atoms with Gasteiger partial charge in [0.15, 0.2) is 0 Å². The molecule has 1 nitrogen and oxygen atoms in total. The van der Waals surface area contributed by atoms with Crippen LogP contribution in [0, 0.1) is 5.82 Å². The molecular weight excluding hydrogens is 285 g/mol. The van der Waals surface area contributed by atoms with Gasteiger partial charge in [-0.2, -0.15) is 0 Å². The summed E-state index contributed by atoms with van der Waals surface area (Å²) in [5.74, 6) is -0.208. The molecule has 1 aromatic rings. The second kappa shape index (κ2) is 11.0. The smallest absolute Gasteiger partial charge is 0.123 e. The number of hydrogen-bond acceptors (Lipinski definition) is 1. The molecule has 1 rings (SSSR count). The quantitative estimate of drug-likeness (QED) is 0.475. The van der Waals surface area contributed by atoms with Crippen molar-refractivity contribution in [1.29, 1.82) is 0 Å². The van der Waals surface area contributed by atoms with Gasteiger partial charge < -0.3 is 5.32 Å². The van der Waals surface area contributed by atoms with Gasteiger partial charge in [0.2, 0.25) is 0 Å². The maximum Gasteiger partial charge on any atom is 0.123 e. The molecule has 3 heteroatoms. The first-order valence-corrected chi connectivity index (χ1v) is 8.75. The minimum Gasteiger partial charge on any atom is -0.310 e. The van der Waals surface area contributed by atoms with Gasteiger partial charge in [0.05, 0.1) is 0 Å². The zero-order valence-electron chi connectivity index (χ0n) is 13.4. The summed E-state index contributed by atoms with van der Waals surface area (Å²) in [5.41, 5.74) is 0.902. The molecule has 0 aliphatic carbocycles. The van der Waals surface area contributed by atoms with Gasteiger partial charge in [-0.25, -0.2) is 4.39 Å². The van der Waals surface area contributed by atoms with E-state index in [1.54, 1.807) is 12.1 Å². The highest BCUT2D eigenvalue weighted by Gasteiger charge is 2.14. The molecule has 0 saturated heterocycles. The van der Waals surface area contributed by atoms with Gasteiger partial charge in [-0.15, -0.1) is 0 Å². The fourth-order valence-corrected chi connectivity index (χ4v) is 2.85. The average molecular weight is 314 g/mol. The van der Waals surface area contributed by atoms with Crippen molar-refractivity contribution in [3.63, 3.8) is 0 Å². The Bertz CT molecular complexity index is 395. The molecule has 0 amide bonds. The Kier molecular flexibility index (Phi) is 9.69. The highest BCUT2D eigenvalue weighted by Crippen LogP contribution is 2.28. The van der Waals surface area contributed by atoms with Gasteiger partial charge >= 0.3 is 0 Å². The summed E-state index contributed by atoms with van der Waals surface area (Å²) in [5, 5.41) is 4.17. The second-order valence-electron chi connectivity index (χ2n) is 5.73. The summed E-state index contributed by atoms with van der Waals surface area (Å²) >= 11 is 6.24. The Labute approximate surface area is 134 Å². The molecule has 0 heterocycles. The summed E-state index contributed by atoms with van der Waals surface area (Å²) in [6, 6.07) is 4.83. The first-order chi connectivity index (χ1) is 10.2. The van der Waals surface area contributed by atoms with Crippen LogP contribution in [0.1, 0.15) is 76.8 Å². The van der Waals surface area contributed by atoms with Crippen molar-refractivity contribution < 1.29 is 4.39 Å². The van der Waals surface area contributed by atoms with Gasteiger partial charge in [0.1, 0.15) is 5.82 Å². The van der Waals surface area contributed by atoms with E-state index in [0.717, 1.165) is 31.4 Å². The number of benzene rings is 1. The van der Waals surface area contributed by atoms with E-state index in [4.69, 9.17) is 11.6 Å². The summed E-state index contributed by atoms with van der Waals surface area (Å²) in [4.78, 5) is 0. The summed E-state index contributed by atoms with van der Waals surface area (Å²) in [6.07, 6.45) is 9.73. The highest BCUT2D eigenvalue weighted by atomic mass is 35.5. The van der Waals surface area contributed by atoms with Crippen LogP contribution in [0.5, 0.6) is 0 Å². The topological polar surface area (TPSA) is 12.0 Å². The molecule has 1 aromatic carbocycles. The Morgan fingerprint density at radius 2 is 1.76 bits per heavy atom. The lowest BCUT2D eigenvalue weighted by molar-refractivity contribution is 0.464. The van der Waals surface area contributed by atoms with E-state index in [9.17, 15) is 4.39 Å². The molecule has 0 saturated carbocycles.